The third kappa shape index (κ3) is 16.6. The van der Waals surface area contributed by atoms with Crippen LogP contribution in [0.25, 0.3) is 0 Å². The molecule has 0 bridgehead atoms. The number of rotatable bonds is 0. The summed E-state index contributed by atoms with van der Waals surface area (Å²) in [5, 5.41) is 0.500. The Labute approximate surface area is 339 Å². The molecule has 0 saturated heterocycles. The SMILES string of the molecule is C[C]1[C](C)[C](C)[C](C)[C]1C.C[C]1[C](C)[C](C)[C](C)[C]1C.C[C]1[C](C)[C](C)[C](C)[C]1C.[Cl][Ir+2].[Cl][Ir+2].[Cl][Ir+2].[S-]c1nc([S-])nc([S-])n1. The predicted octanol–water partition coefficient (Wildman–Crippen LogP) is 10.6. The molecule has 0 unspecified atom stereocenters. The average Bonchev–Trinajstić information content (AvgIpc) is 3.39. The largest absolute Gasteiger partial charge is 0.740 e. The third-order valence-corrected chi connectivity index (χ3v) is 9.56. The van der Waals surface area contributed by atoms with Gasteiger partial charge in [0.1, 0.15) is 0 Å². The molecule has 45 heavy (non-hydrogen) atoms. The first-order chi connectivity index (χ1) is 20.8. The van der Waals surface area contributed by atoms with Crippen molar-refractivity contribution in [3.05, 3.63) is 88.8 Å². The zero-order valence-corrected chi connectivity index (χ0v) is 40.6. The smallest absolute Gasteiger partial charge is 0.00709 e. The summed E-state index contributed by atoms with van der Waals surface area (Å²) in [6.07, 6.45) is 0. The fourth-order valence-corrected chi connectivity index (χ4v) is 5.23. The van der Waals surface area contributed by atoms with E-state index in [9.17, 15) is 0 Å². The van der Waals surface area contributed by atoms with Gasteiger partial charge in [-0.2, -0.15) is 0 Å². The molecule has 0 N–H and O–H groups in total. The van der Waals surface area contributed by atoms with Crippen molar-refractivity contribution in [3.8, 4) is 0 Å². The van der Waals surface area contributed by atoms with Crippen LogP contribution in [0.1, 0.15) is 104 Å². The van der Waals surface area contributed by atoms with Crippen molar-refractivity contribution in [2.75, 3.05) is 0 Å². The minimum atomic E-state index is 0.167. The summed E-state index contributed by atoms with van der Waals surface area (Å²) in [5.74, 6) is 22.0. The molecule has 3 aliphatic carbocycles. The van der Waals surface area contributed by atoms with Crippen LogP contribution in [0, 0.1) is 88.8 Å². The molecule has 255 valence electrons. The Morgan fingerprint density at radius 3 is 0.400 bits per heavy atom. The fourth-order valence-electron chi connectivity index (χ4n) is 4.54. The molecule has 0 spiro atoms. The van der Waals surface area contributed by atoms with E-state index in [-0.39, 0.29) is 15.5 Å². The Balaban J connectivity index is -0.000000494. The summed E-state index contributed by atoms with van der Waals surface area (Å²) in [6.45, 7) is 33.0. The van der Waals surface area contributed by atoms with Crippen molar-refractivity contribution >= 4 is 66.6 Å². The van der Waals surface area contributed by atoms with Crippen molar-refractivity contribution in [2.24, 2.45) is 0 Å². The van der Waals surface area contributed by atoms with Gasteiger partial charge < -0.3 is 37.9 Å². The van der Waals surface area contributed by atoms with Crippen molar-refractivity contribution in [1.82, 2.24) is 15.0 Å². The van der Waals surface area contributed by atoms with Crippen LogP contribution in [0.15, 0.2) is 15.5 Å². The Morgan fingerprint density at radius 2 is 0.333 bits per heavy atom. The van der Waals surface area contributed by atoms with Crippen molar-refractivity contribution in [3.63, 3.8) is 0 Å². The Kier molecular flexibility index (Phi) is 31.3. The summed E-state index contributed by atoms with van der Waals surface area (Å²) in [6, 6.07) is 0. The molecule has 0 atom stereocenters. The van der Waals surface area contributed by atoms with Crippen LogP contribution in [-0.4, -0.2) is 15.0 Å². The van der Waals surface area contributed by atoms with Crippen LogP contribution < -0.4 is 0 Å². The number of nitrogens with zero attached hydrogens (tertiary/aromatic N) is 3. The van der Waals surface area contributed by atoms with Crippen LogP contribution in [0.4, 0.5) is 0 Å². The summed E-state index contributed by atoms with van der Waals surface area (Å²) in [5.41, 5.74) is 0. The Morgan fingerprint density at radius 1 is 0.267 bits per heavy atom. The third-order valence-electron chi connectivity index (χ3n) is 9.01. The first-order valence-electron chi connectivity index (χ1n) is 13.6. The normalized spacial score (nSPS) is 21.3. The minimum absolute atomic E-state index is 0.167. The van der Waals surface area contributed by atoms with Crippen molar-refractivity contribution < 1.29 is 53.7 Å². The van der Waals surface area contributed by atoms with E-state index < -0.39 is 0 Å². The quantitative estimate of drug-likeness (QED) is 0.241. The van der Waals surface area contributed by atoms with E-state index in [1.54, 1.807) is 0 Å². The van der Waals surface area contributed by atoms with E-state index in [1.165, 1.54) is 142 Å². The van der Waals surface area contributed by atoms with Gasteiger partial charge in [0, 0.05) is 15.5 Å². The molecule has 12 heteroatoms. The first-order valence-corrected chi connectivity index (χ1v) is 23.7. The molecule has 4 rings (SSSR count). The van der Waals surface area contributed by atoms with E-state index >= 15 is 0 Å². The van der Waals surface area contributed by atoms with Gasteiger partial charge >= 0.3 is 82.4 Å². The molecule has 15 radical (unpaired) electrons. The van der Waals surface area contributed by atoms with Crippen LogP contribution >= 0.6 is 28.8 Å². The molecule has 1 aromatic heterocycles. The molecule has 1 heterocycles. The monoisotopic (exact) mass is 1260 g/mol. The number of halogens is 3. The first kappa shape index (κ1) is 51.9. The van der Waals surface area contributed by atoms with Crippen LogP contribution in [0.2, 0.25) is 0 Å². The number of hydrogen-bond acceptors (Lipinski definition) is 6. The molecule has 1 aromatic rings. The Hall–Kier alpha value is 2.49. The van der Waals surface area contributed by atoms with Gasteiger partial charge in [-0.15, -0.1) is 0 Å². The van der Waals surface area contributed by atoms with Crippen molar-refractivity contribution in [2.45, 2.75) is 119 Å². The molecule has 3 nitrogen and oxygen atoms in total. The number of aromatic nitrogens is 3. The van der Waals surface area contributed by atoms with E-state index in [0.717, 1.165) is 0 Å². The van der Waals surface area contributed by atoms with Crippen molar-refractivity contribution in [1.29, 1.82) is 0 Å². The van der Waals surface area contributed by atoms with Gasteiger partial charge in [0.05, 0.1) is 0 Å². The molecule has 3 fully saturated rings. The summed E-state index contributed by atoms with van der Waals surface area (Å²) >= 11 is 18.2. The van der Waals surface area contributed by atoms with E-state index in [4.69, 9.17) is 0 Å². The zero-order valence-electron chi connectivity index (χ0n) is 28.7. The van der Waals surface area contributed by atoms with E-state index in [2.05, 4.69) is 185 Å². The standard InChI is InChI=1S/3C10H15.C3H3N3S3.3ClH.3Ir/c3*1-6-7(2)9(4)10(5)8(6)3;7-1-4-2(8)6-3(9)5-1;;;;;;/h3*1-5H3;(H3,4,5,6,7,8,9);3*1H;;;/q;;;;;;;3*+3/p-6. The van der Waals surface area contributed by atoms with Gasteiger partial charge in [0.25, 0.3) is 0 Å². The molecule has 0 amide bonds. The summed E-state index contributed by atoms with van der Waals surface area (Å²) in [7, 11) is 13.9. The molecule has 0 aliphatic heterocycles. The van der Waals surface area contributed by atoms with Gasteiger partial charge in [0.2, 0.25) is 0 Å². The van der Waals surface area contributed by atoms with E-state index in [0.29, 0.717) is 0 Å². The second-order valence-corrected chi connectivity index (χ2v) is 11.7. The van der Waals surface area contributed by atoms with Gasteiger partial charge in [-0.25, -0.2) is 0 Å². The molecule has 3 saturated carbocycles. The summed E-state index contributed by atoms with van der Waals surface area (Å²) in [4.78, 5) is 10.7. The van der Waals surface area contributed by atoms with Crippen LogP contribution in [0.3, 0.4) is 0 Å². The Bertz CT molecular complexity index is 642. The topological polar surface area (TPSA) is 38.7 Å². The molecular weight excluding hydrogens is 1220 g/mol. The second-order valence-electron chi connectivity index (χ2n) is 10.6. The zero-order chi connectivity index (χ0) is 36.5. The fraction of sp³-hybridized carbons (Fsp3) is 0.455. The molecular formula is C33H45Cl3Ir3N3S3+3. The van der Waals surface area contributed by atoms with Gasteiger partial charge in [-0.05, 0) is 88.8 Å². The maximum Gasteiger partial charge on any atom is 0.00709 e. The maximum atomic E-state index is 4.64. The van der Waals surface area contributed by atoms with Gasteiger partial charge in [-0.3, -0.25) is 15.0 Å². The van der Waals surface area contributed by atoms with Gasteiger partial charge in [-0.1, -0.05) is 104 Å². The maximum absolute atomic E-state index is 4.64. The van der Waals surface area contributed by atoms with E-state index in [1.807, 2.05) is 0 Å². The minimum Gasteiger partial charge on any atom is -0.740 e. The van der Waals surface area contributed by atoms with Crippen LogP contribution in [0.5, 0.6) is 0 Å². The van der Waals surface area contributed by atoms with Gasteiger partial charge in [0.15, 0.2) is 0 Å². The van der Waals surface area contributed by atoms with Crippen LogP contribution in [-0.2, 0) is 91.6 Å². The second kappa shape index (κ2) is 27.2. The molecule has 0 aromatic carbocycles. The number of hydrogen-bond donors (Lipinski definition) is 0. The summed E-state index contributed by atoms with van der Waals surface area (Å²) < 4.78 is 0. The predicted molar refractivity (Wildman–Crippen MR) is 188 cm³/mol. The average molecular weight is 1260 g/mol. The molecule has 3 aliphatic rings.